The van der Waals surface area contributed by atoms with E-state index in [9.17, 15) is 4.39 Å². The maximum Gasteiger partial charge on any atom is 0.150 e. The number of H-pyrrole nitrogens is 1. The van der Waals surface area contributed by atoms with E-state index in [0.717, 1.165) is 16.7 Å². The van der Waals surface area contributed by atoms with Crippen molar-refractivity contribution >= 4 is 18.1 Å². The average molecular weight is 309 g/mol. The number of rotatable bonds is 4. The molecule has 6 heteroatoms. The van der Waals surface area contributed by atoms with Crippen LogP contribution in [-0.2, 0) is 7.05 Å². The Kier molecular flexibility index (Phi) is 3.89. The lowest BCUT2D eigenvalue weighted by Crippen LogP contribution is -1.93. The van der Waals surface area contributed by atoms with Crippen LogP contribution in [0.2, 0.25) is 0 Å². The lowest BCUT2D eigenvalue weighted by atomic mass is 9.97. The molecule has 0 unspecified atom stereocenters. The second-order valence-electron chi connectivity index (χ2n) is 5.02. The molecular formula is C17H16FN5. The highest BCUT2D eigenvalue weighted by Crippen LogP contribution is 2.35. The molecule has 3 rings (SSSR count). The first-order valence-corrected chi connectivity index (χ1v) is 7.10. The van der Waals surface area contributed by atoms with Gasteiger partial charge in [0.15, 0.2) is 5.82 Å². The molecule has 3 heterocycles. The number of hydrogen-bond acceptors (Lipinski definition) is 3. The molecule has 0 aliphatic heterocycles. The van der Waals surface area contributed by atoms with Crippen LogP contribution in [0.4, 0.5) is 10.2 Å². The second kappa shape index (κ2) is 6.00. The van der Waals surface area contributed by atoms with Gasteiger partial charge in [-0.1, -0.05) is 6.08 Å². The van der Waals surface area contributed by atoms with Crippen molar-refractivity contribution in [3.63, 3.8) is 0 Å². The van der Waals surface area contributed by atoms with Crippen LogP contribution in [0.1, 0.15) is 18.1 Å². The molecule has 0 saturated carbocycles. The summed E-state index contributed by atoms with van der Waals surface area (Å²) in [5.41, 5.74) is 3.61. The van der Waals surface area contributed by atoms with Crippen molar-refractivity contribution in [2.75, 3.05) is 0 Å². The quantitative estimate of drug-likeness (QED) is 0.746. The van der Waals surface area contributed by atoms with E-state index < -0.39 is 5.82 Å². The first-order chi connectivity index (χ1) is 11.2. The molecule has 0 spiro atoms. The van der Waals surface area contributed by atoms with Gasteiger partial charge in [0.25, 0.3) is 0 Å². The van der Waals surface area contributed by atoms with Gasteiger partial charge in [0.1, 0.15) is 11.5 Å². The van der Waals surface area contributed by atoms with Crippen LogP contribution in [0.25, 0.3) is 16.8 Å². The average Bonchev–Trinajstić information content (AvgIpc) is 3.16. The molecule has 0 atom stereocenters. The van der Waals surface area contributed by atoms with E-state index in [1.807, 2.05) is 32.3 Å². The summed E-state index contributed by atoms with van der Waals surface area (Å²) < 4.78 is 15.8. The van der Waals surface area contributed by atoms with E-state index in [4.69, 9.17) is 0 Å². The fraction of sp³-hybridized carbons (Fsp3) is 0.118. The Bertz CT molecular complexity index is 888. The van der Waals surface area contributed by atoms with Crippen LogP contribution in [0.3, 0.4) is 0 Å². The lowest BCUT2D eigenvalue weighted by Gasteiger charge is -2.08. The molecule has 1 N–H and O–H groups in total. The van der Waals surface area contributed by atoms with Gasteiger partial charge >= 0.3 is 0 Å². The molecule has 0 aromatic carbocycles. The van der Waals surface area contributed by atoms with Gasteiger partial charge in [-0.05, 0) is 31.3 Å². The maximum absolute atomic E-state index is 14.2. The monoisotopic (exact) mass is 309 g/mol. The van der Waals surface area contributed by atoms with Crippen LogP contribution in [0.15, 0.2) is 48.0 Å². The van der Waals surface area contributed by atoms with Crippen molar-refractivity contribution in [2.45, 2.75) is 6.92 Å². The first-order valence-electron chi connectivity index (χ1n) is 7.10. The van der Waals surface area contributed by atoms with Crippen LogP contribution >= 0.6 is 0 Å². The van der Waals surface area contributed by atoms with Gasteiger partial charge in [-0.15, -0.1) is 0 Å². The molecule has 116 valence electrons. The third kappa shape index (κ3) is 2.59. The number of nitrogens with zero attached hydrogens (tertiary/aromatic N) is 4. The first kappa shape index (κ1) is 14.9. The zero-order chi connectivity index (χ0) is 16.4. The number of aryl methyl sites for hydroxylation is 1. The van der Waals surface area contributed by atoms with Gasteiger partial charge in [0.2, 0.25) is 0 Å². The van der Waals surface area contributed by atoms with E-state index >= 15 is 0 Å². The number of aromatic amines is 1. The zero-order valence-electron chi connectivity index (χ0n) is 12.9. The topological polar surface area (TPSA) is 58.9 Å². The molecule has 5 nitrogen and oxygen atoms in total. The number of aromatic nitrogens is 4. The Labute approximate surface area is 133 Å². The maximum atomic E-state index is 14.2. The third-order valence-electron chi connectivity index (χ3n) is 3.61. The Balaban J connectivity index is 2.21. The van der Waals surface area contributed by atoms with Crippen LogP contribution < -0.4 is 0 Å². The summed E-state index contributed by atoms with van der Waals surface area (Å²) in [5.74, 6) is 0.266. The molecule has 0 aliphatic carbocycles. The standard InChI is InChI=1S/C17H16FN5/c1-4-11(12-6-8-21-17(12)19-2)14-10-23(3)22-16(14)13-5-7-20-9-15(13)18/h4-10,21H,2H2,1,3H3/b11-4+. The molecule has 0 radical (unpaired) electrons. The fourth-order valence-electron chi connectivity index (χ4n) is 2.62. The van der Waals surface area contributed by atoms with E-state index in [0.29, 0.717) is 17.1 Å². The van der Waals surface area contributed by atoms with Crippen LogP contribution in [0.5, 0.6) is 0 Å². The summed E-state index contributed by atoms with van der Waals surface area (Å²) in [4.78, 5) is 10.8. The summed E-state index contributed by atoms with van der Waals surface area (Å²) in [5, 5.41) is 4.43. The van der Waals surface area contributed by atoms with Crippen molar-refractivity contribution in [1.29, 1.82) is 0 Å². The van der Waals surface area contributed by atoms with Crippen LogP contribution in [0, 0.1) is 5.82 Å². The molecule has 23 heavy (non-hydrogen) atoms. The largest absolute Gasteiger partial charge is 0.346 e. The smallest absolute Gasteiger partial charge is 0.150 e. The normalized spacial score (nSPS) is 11.7. The summed E-state index contributed by atoms with van der Waals surface area (Å²) in [6.07, 6.45) is 8.36. The third-order valence-corrected chi connectivity index (χ3v) is 3.61. The molecule has 3 aromatic heterocycles. The zero-order valence-corrected chi connectivity index (χ0v) is 12.9. The molecule has 3 aromatic rings. The van der Waals surface area contributed by atoms with E-state index in [1.54, 1.807) is 23.1 Å². The fourth-order valence-corrected chi connectivity index (χ4v) is 2.62. The Morgan fingerprint density at radius 1 is 1.39 bits per heavy atom. The highest BCUT2D eigenvalue weighted by atomic mass is 19.1. The molecule has 0 bridgehead atoms. The number of pyridine rings is 1. The molecule has 0 saturated heterocycles. The number of halogens is 1. The van der Waals surface area contributed by atoms with E-state index in [1.165, 1.54) is 6.20 Å². The van der Waals surface area contributed by atoms with Gasteiger partial charge in [-0.25, -0.2) is 9.38 Å². The summed E-state index contributed by atoms with van der Waals surface area (Å²) in [7, 11) is 1.81. The number of aliphatic imine (C=N–C) groups is 1. The highest BCUT2D eigenvalue weighted by Gasteiger charge is 2.19. The SMILES string of the molecule is C=Nc1[nH]ccc1/C(=C\C)c1cn(C)nc1-c1ccncc1F. The van der Waals surface area contributed by atoms with Crippen molar-refractivity contribution in [2.24, 2.45) is 12.0 Å². The highest BCUT2D eigenvalue weighted by molar-refractivity contribution is 5.90. The van der Waals surface area contributed by atoms with Gasteiger partial charge in [-0.2, -0.15) is 5.10 Å². The molecular weight excluding hydrogens is 293 g/mol. The van der Waals surface area contributed by atoms with Gasteiger partial charge < -0.3 is 4.98 Å². The number of hydrogen-bond donors (Lipinski definition) is 1. The predicted octanol–water partition coefficient (Wildman–Crippen LogP) is 3.73. The van der Waals surface area contributed by atoms with Crippen molar-refractivity contribution < 1.29 is 4.39 Å². The van der Waals surface area contributed by atoms with E-state index in [2.05, 4.69) is 26.8 Å². The van der Waals surface area contributed by atoms with Crippen molar-refractivity contribution in [3.8, 4) is 11.3 Å². The Morgan fingerprint density at radius 2 is 2.22 bits per heavy atom. The van der Waals surface area contributed by atoms with Gasteiger partial charge in [0, 0.05) is 42.3 Å². The Hall–Kier alpha value is -3.02. The van der Waals surface area contributed by atoms with Gasteiger partial charge in [0.05, 0.1) is 6.20 Å². The molecule has 0 amide bonds. The Morgan fingerprint density at radius 3 is 2.91 bits per heavy atom. The van der Waals surface area contributed by atoms with Crippen LogP contribution in [-0.4, -0.2) is 26.5 Å². The number of nitrogens with one attached hydrogen (secondary N) is 1. The minimum atomic E-state index is -0.404. The predicted molar refractivity (Wildman–Crippen MR) is 89.2 cm³/mol. The van der Waals surface area contributed by atoms with Gasteiger partial charge in [-0.3, -0.25) is 9.67 Å². The molecule has 0 aliphatic rings. The minimum absolute atomic E-state index is 0.404. The van der Waals surface area contributed by atoms with Crippen molar-refractivity contribution in [1.82, 2.24) is 19.7 Å². The summed E-state index contributed by atoms with van der Waals surface area (Å²) >= 11 is 0. The lowest BCUT2D eigenvalue weighted by molar-refractivity contribution is 0.623. The van der Waals surface area contributed by atoms with E-state index in [-0.39, 0.29) is 0 Å². The minimum Gasteiger partial charge on any atom is -0.346 e. The summed E-state index contributed by atoms with van der Waals surface area (Å²) in [6.45, 7) is 5.50. The summed E-state index contributed by atoms with van der Waals surface area (Å²) in [6, 6.07) is 3.54. The van der Waals surface area contributed by atoms with Crippen molar-refractivity contribution in [3.05, 3.63) is 59.9 Å². The second-order valence-corrected chi connectivity index (χ2v) is 5.02. The number of allylic oxidation sites excluding steroid dienone is 1. The molecule has 0 fully saturated rings.